The van der Waals surface area contributed by atoms with E-state index in [4.69, 9.17) is 0 Å². The van der Waals surface area contributed by atoms with Crippen molar-refractivity contribution >= 4 is 11.4 Å². The standard InChI is InChI=1S/C12H15F2N3O/c1-2-16-3-5-17(6-4-16)12-10(14)7-9(13)8-11(12)15-18/h7-8H,2-6H2,1H3. The van der Waals surface area contributed by atoms with Gasteiger partial charge in [-0.05, 0) is 11.7 Å². The molecule has 0 amide bonds. The highest BCUT2D eigenvalue weighted by molar-refractivity contribution is 5.68. The lowest BCUT2D eigenvalue weighted by atomic mass is 10.2. The van der Waals surface area contributed by atoms with Crippen molar-refractivity contribution in [3.8, 4) is 0 Å². The first-order valence-electron chi connectivity index (χ1n) is 5.95. The lowest BCUT2D eigenvalue weighted by Gasteiger charge is -2.35. The molecule has 1 aliphatic heterocycles. The van der Waals surface area contributed by atoms with Crippen LogP contribution in [0.5, 0.6) is 0 Å². The third kappa shape index (κ3) is 2.48. The Kier molecular flexibility index (Phi) is 3.86. The smallest absolute Gasteiger partial charge is 0.151 e. The molecule has 0 aliphatic carbocycles. The van der Waals surface area contributed by atoms with E-state index >= 15 is 0 Å². The SMILES string of the molecule is CCN1CCN(c2c(F)cc(F)cc2N=O)CC1. The van der Waals surface area contributed by atoms with Crippen molar-refractivity contribution < 1.29 is 8.78 Å². The predicted molar refractivity (Wildman–Crippen MR) is 66.1 cm³/mol. The van der Waals surface area contributed by atoms with E-state index < -0.39 is 11.6 Å². The molecule has 1 aromatic carbocycles. The zero-order valence-corrected chi connectivity index (χ0v) is 10.2. The number of halogens is 2. The van der Waals surface area contributed by atoms with Crippen LogP contribution in [0.2, 0.25) is 0 Å². The van der Waals surface area contributed by atoms with Crippen LogP contribution in [0.25, 0.3) is 0 Å². The molecular weight excluding hydrogens is 240 g/mol. The molecule has 0 unspecified atom stereocenters. The Labute approximate surface area is 104 Å². The number of hydrogen-bond donors (Lipinski definition) is 0. The second kappa shape index (κ2) is 5.39. The van der Waals surface area contributed by atoms with Crippen LogP contribution in [0, 0.1) is 16.5 Å². The van der Waals surface area contributed by atoms with E-state index in [1.54, 1.807) is 4.90 Å². The summed E-state index contributed by atoms with van der Waals surface area (Å²) in [4.78, 5) is 14.7. The molecule has 0 spiro atoms. The summed E-state index contributed by atoms with van der Waals surface area (Å²) in [6, 6.07) is 1.76. The molecule has 1 heterocycles. The largest absolute Gasteiger partial charge is 0.365 e. The van der Waals surface area contributed by atoms with Crippen molar-refractivity contribution in [1.82, 2.24) is 4.90 Å². The molecule has 2 rings (SSSR count). The van der Waals surface area contributed by atoms with Gasteiger partial charge in [0.2, 0.25) is 0 Å². The van der Waals surface area contributed by atoms with Gasteiger partial charge in [0.25, 0.3) is 0 Å². The lowest BCUT2D eigenvalue weighted by Crippen LogP contribution is -2.46. The fourth-order valence-electron chi connectivity index (χ4n) is 2.22. The maximum Gasteiger partial charge on any atom is 0.151 e. The van der Waals surface area contributed by atoms with Crippen molar-refractivity contribution in [1.29, 1.82) is 0 Å². The van der Waals surface area contributed by atoms with Gasteiger partial charge in [-0.3, -0.25) is 0 Å². The van der Waals surface area contributed by atoms with Gasteiger partial charge < -0.3 is 9.80 Å². The van der Waals surface area contributed by atoms with Gasteiger partial charge in [0.1, 0.15) is 17.2 Å². The summed E-state index contributed by atoms with van der Waals surface area (Å²) in [5, 5.41) is 2.72. The van der Waals surface area contributed by atoms with E-state index in [1.165, 1.54) is 0 Å². The number of nitroso groups, excluding NO2 is 1. The number of piperazine rings is 1. The quantitative estimate of drug-likeness (QED) is 0.778. The van der Waals surface area contributed by atoms with E-state index in [2.05, 4.69) is 17.0 Å². The van der Waals surface area contributed by atoms with Crippen LogP contribution in [0.3, 0.4) is 0 Å². The number of rotatable bonds is 3. The normalized spacial score (nSPS) is 16.9. The highest BCUT2D eigenvalue weighted by Crippen LogP contribution is 2.33. The van der Waals surface area contributed by atoms with Crippen molar-refractivity contribution in [3.05, 3.63) is 28.7 Å². The Morgan fingerprint density at radius 1 is 1.22 bits per heavy atom. The molecule has 0 aromatic heterocycles. The molecule has 1 fully saturated rings. The highest BCUT2D eigenvalue weighted by Gasteiger charge is 2.22. The molecule has 1 aromatic rings. The summed E-state index contributed by atoms with van der Waals surface area (Å²) in [7, 11) is 0. The second-order valence-electron chi connectivity index (χ2n) is 4.27. The maximum absolute atomic E-state index is 13.8. The number of benzene rings is 1. The van der Waals surface area contributed by atoms with Gasteiger partial charge in [-0.1, -0.05) is 6.92 Å². The second-order valence-corrected chi connectivity index (χ2v) is 4.27. The van der Waals surface area contributed by atoms with Crippen LogP contribution >= 0.6 is 0 Å². The van der Waals surface area contributed by atoms with Gasteiger partial charge in [0, 0.05) is 38.3 Å². The Bertz CT molecular complexity index is 445. The van der Waals surface area contributed by atoms with Crippen LogP contribution in [-0.4, -0.2) is 37.6 Å². The molecule has 98 valence electrons. The van der Waals surface area contributed by atoms with Crippen LogP contribution in [0.4, 0.5) is 20.2 Å². The predicted octanol–water partition coefficient (Wildman–Crippen LogP) is 2.50. The molecule has 1 saturated heterocycles. The molecule has 6 heteroatoms. The Balaban J connectivity index is 2.26. The first kappa shape index (κ1) is 12.9. The third-order valence-electron chi connectivity index (χ3n) is 3.24. The van der Waals surface area contributed by atoms with Gasteiger partial charge in [-0.2, -0.15) is 0 Å². The molecular formula is C12H15F2N3O. The molecule has 0 radical (unpaired) electrons. The molecule has 18 heavy (non-hydrogen) atoms. The summed E-state index contributed by atoms with van der Waals surface area (Å²) in [6.07, 6.45) is 0. The van der Waals surface area contributed by atoms with Crippen LogP contribution in [-0.2, 0) is 0 Å². The van der Waals surface area contributed by atoms with Crippen LogP contribution in [0.15, 0.2) is 17.3 Å². The molecule has 0 bridgehead atoms. The average molecular weight is 255 g/mol. The van der Waals surface area contributed by atoms with E-state index in [9.17, 15) is 13.7 Å². The number of hydrogen-bond acceptors (Lipinski definition) is 4. The van der Waals surface area contributed by atoms with Gasteiger partial charge in [-0.25, -0.2) is 8.78 Å². The van der Waals surface area contributed by atoms with Gasteiger partial charge in [0.05, 0.1) is 0 Å². The van der Waals surface area contributed by atoms with Crippen molar-refractivity contribution in [2.75, 3.05) is 37.6 Å². The van der Waals surface area contributed by atoms with Crippen molar-refractivity contribution in [2.45, 2.75) is 6.92 Å². The molecule has 0 atom stereocenters. The summed E-state index contributed by atoms with van der Waals surface area (Å²) in [5.74, 6) is -1.51. The summed E-state index contributed by atoms with van der Waals surface area (Å²) < 4.78 is 26.8. The molecule has 1 aliphatic rings. The zero-order valence-electron chi connectivity index (χ0n) is 10.2. The summed E-state index contributed by atoms with van der Waals surface area (Å²) in [6.45, 7) is 5.82. The molecule has 0 saturated carbocycles. The third-order valence-corrected chi connectivity index (χ3v) is 3.24. The fourth-order valence-corrected chi connectivity index (χ4v) is 2.22. The minimum Gasteiger partial charge on any atom is -0.365 e. The Hall–Kier alpha value is -1.56. The fraction of sp³-hybridized carbons (Fsp3) is 0.500. The summed E-state index contributed by atoms with van der Waals surface area (Å²) >= 11 is 0. The minimum absolute atomic E-state index is 0.113. The van der Waals surface area contributed by atoms with Crippen molar-refractivity contribution in [3.63, 3.8) is 0 Å². The van der Waals surface area contributed by atoms with E-state index in [-0.39, 0.29) is 11.4 Å². The van der Waals surface area contributed by atoms with Crippen LogP contribution in [0.1, 0.15) is 6.92 Å². The lowest BCUT2D eigenvalue weighted by molar-refractivity contribution is 0.270. The van der Waals surface area contributed by atoms with E-state index in [0.29, 0.717) is 13.1 Å². The molecule has 4 nitrogen and oxygen atoms in total. The van der Waals surface area contributed by atoms with E-state index in [0.717, 1.165) is 31.8 Å². The average Bonchev–Trinajstić information content (AvgIpc) is 2.38. The highest BCUT2D eigenvalue weighted by atomic mass is 19.1. The first-order chi connectivity index (χ1) is 8.65. The van der Waals surface area contributed by atoms with Gasteiger partial charge >= 0.3 is 0 Å². The Morgan fingerprint density at radius 3 is 2.44 bits per heavy atom. The maximum atomic E-state index is 13.8. The monoisotopic (exact) mass is 255 g/mol. The van der Waals surface area contributed by atoms with Crippen molar-refractivity contribution in [2.24, 2.45) is 5.18 Å². The van der Waals surface area contributed by atoms with E-state index in [1.807, 2.05) is 0 Å². The molecule has 0 N–H and O–H groups in total. The zero-order chi connectivity index (χ0) is 13.1. The van der Waals surface area contributed by atoms with Crippen LogP contribution < -0.4 is 4.90 Å². The van der Waals surface area contributed by atoms with Gasteiger partial charge in [0.15, 0.2) is 5.82 Å². The number of nitrogens with zero attached hydrogens (tertiary/aromatic N) is 3. The minimum atomic E-state index is -0.780. The topological polar surface area (TPSA) is 35.9 Å². The van der Waals surface area contributed by atoms with Gasteiger partial charge in [-0.15, -0.1) is 4.91 Å². The summed E-state index contributed by atoms with van der Waals surface area (Å²) in [5.41, 5.74) is -0.0559. The first-order valence-corrected chi connectivity index (χ1v) is 5.95. The number of anilines is 1. The number of likely N-dealkylation sites (N-methyl/N-ethyl adjacent to an activating group) is 1. The Morgan fingerprint density at radius 2 is 1.89 bits per heavy atom.